The van der Waals surface area contributed by atoms with Crippen LogP contribution in [0.3, 0.4) is 0 Å². The molecule has 9 heteroatoms. The molecular weight excluding hydrogens is 468 g/mol. The van der Waals surface area contributed by atoms with Crippen molar-refractivity contribution in [1.82, 2.24) is 25.3 Å². The smallest absolute Gasteiger partial charge is 0.192 e. The van der Waals surface area contributed by atoms with Crippen LogP contribution in [0.4, 0.5) is 5.82 Å². The fraction of sp³-hybridized carbons (Fsp3) is 0.519. The van der Waals surface area contributed by atoms with Gasteiger partial charge in [0.2, 0.25) is 0 Å². The van der Waals surface area contributed by atoms with Crippen LogP contribution in [0.1, 0.15) is 20.8 Å². The fourth-order valence-corrected chi connectivity index (χ4v) is 6.12. The van der Waals surface area contributed by atoms with Gasteiger partial charge in [-0.15, -0.1) is 10.2 Å². The van der Waals surface area contributed by atoms with Crippen LogP contribution in [0.2, 0.25) is 18.1 Å². The zero-order chi connectivity index (χ0) is 25.5. The van der Waals surface area contributed by atoms with Crippen molar-refractivity contribution in [3.05, 3.63) is 42.7 Å². The lowest BCUT2D eigenvalue weighted by Crippen LogP contribution is -2.42. The second-order valence-electron chi connectivity index (χ2n) is 11.8. The Morgan fingerprint density at radius 2 is 1.78 bits per heavy atom. The molecule has 1 unspecified atom stereocenters. The minimum Gasteiger partial charge on any atom is -0.507 e. The van der Waals surface area contributed by atoms with Crippen LogP contribution < -0.4 is 4.90 Å². The molecule has 192 valence electrons. The van der Waals surface area contributed by atoms with Crippen molar-refractivity contribution in [3.63, 3.8) is 0 Å². The molecule has 2 fully saturated rings. The van der Waals surface area contributed by atoms with E-state index < -0.39 is 8.32 Å². The largest absolute Gasteiger partial charge is 0.507 e. The van der Waals surface area contributed by atoms with Gasteiger partial charge in [-0.05, 0) is 59.8 Å². The van der Waals surface area contributed by atoms with E-state index in [-0.39, 0.29) is 10.8 Å². The summed E-state index contributed by atoms with van der Waals surface area (Å²) in [4.78, 5) is 4.93. The van der Waals surface area contributed by atoms with Gasteiger partial charge in [-0.1, -0.05) is 26.8 Å². The number of hydrogen-bond acceptors (Lipinski definition) is 7. The van der Waals surface area contributed by atoms with Crippen molar-refractivity contribution < 1.29 is 9.53 Å². The van der Waals surface area contributed by atoms with Crippen LogP contribution in [0, 0.1) is 11.8 Å². The lowest BCUT2D eigenvalue weighted by molar-refractivity contribution is 0.215. The minimum absolute atomic E-state index is 0.184. The summed E-state index contributed by atoms with van der Waals surface area (Å²) in [6.07, 6.45) is 3.54. The highest BCUT2D eigenvalue weighted by molar-refractivity contribution is 6.74. The van der Waals surface area contributed by atoms with Gasteiger partial charge in [-0.3, -0.25) is 5.10 Å². The molecular formula is C27H38N6O2Si. The summed E-state index contributed by atoms with van der Waals surface area (Å²) in [6, 6.07) is 9.55. The summed E-state index contributed by atoms with van der Waals surface area (Å²) < 4.78 is 6.40. The van der Waals surface area contributed by atoms with E-state index in [0.29, 0.717) is 23.1 Å². The highest BCUT2D eigenvalue weighted by Gasteiger charge is 2.41. The van der Waals surface area contributed by atoms with Crippen LogP contribution in [-0.2, 0) is 4.43 Å². The van der Waals surface area contributed by atoms with Gasteiger partial charge < -0.3 is 19.3 Å². The Kier molecular flexibility index (Phi) is 6.65. The van der Waals surface area contributed by atoms with Crippen molar-refractivity contribution >= 4 is 14.1 Å². The number of aromatic nitrogens is 4. The number of rotatable bonds is 7. The Hall–Kier alpha value is -2.75. The van der Waals surface area contributed by atoms with Gasteiger partial charge in [0.25, 0.3) is 0 Å². The van der Waals surface area contributed by atoms with E-state index >= 15 is 0 Å². The van der Waals surface area contributed by atoms with Crippen molar-refractivity contribution in [2.45, 2.75) is 38.9 Å². The van der Waals surface area contributed by atoms with Gasteiger partial charge in [-0.2, -0.15) is 5.10 Å². The highest BCUT2D eigenvalue weighted by atomic mass is 28.4. The summed E-state index contributed by atoms with van der Waals surface area (Å²) in [7, 11) is -1.68. The quantitative estimate of drug-likeness (QED) is 0.452. The van der Waals surface area contributed by atoms with E-state index in [0.717, 1.165) is 56.3 Å². The number of aromatic amines is 1. The van der Waals surface area contributed by atoms with Crippen LogP contribution in [0.15, 0.2) is 42.7 Å². The van der Waals surface area contributed by atoms with E-state index in [2.05, 4.69) is 64.1 Å². The van der Waals surface area contributed by atoms with Gasteiger partial charge in [0.05, 0.1) is 11.9 Å². The molecule has 0 aliphatic carbocycles. The monoisotopic (exact) mass is 506 g/mol. The zero-order valence-corrected chi connectivity index (χ0v) is 23.0. The Morgan fingerprint density at radius 1 is 1.03 bits per heavy atom. The third-order valence-corrected chi connectivity index (χ3v) is 12.9. The fourth-order valence-electron chi connectivity index (χ4n) is 5.08. The molecule has 0 amide bonds. The van der Waals surface area contributed by atoms with Crippen molar-refractivity contribution in [1.29, 1.82) is 0 Å². The lowest BCUT2D eigenvalue weighted by Gasteiger charge is -2.36. The Bertz CT molecular complexity index is 1160. The summed E-state index contributed by atoms with van der Waals surface area (Å²) in [6.45, 7) is 17.7. The van der Waals surface area contributed by atoms with Gasteiger partial charge in [0.15, 0.2) is 14.1 Å². The van der Waals surface area contributed by atoms with Crippen LogP contribution >= 0.6 is 0 Å². The van der Waals surface area contributed by atoms with E-state index in [1.165, 1.54) is 0 Å². The SMILES string of the molecule is CC(C)(C)[Si](C)(C)OCCN1CC2CN(c3ccc(-c4ccc(-c5cn[nH]c5)cc4O)nn3)C[C@@H]2C1. The number of aromatic hydroxyl groups is 1. The van der Waals surface area contributed by atoms with Gasteiger partial charge in [0.1, 0.15) is 5.75 Å². The number of phenols is 1. The molecule has 2 atom stereocenters. The average molecular weight is 507 g/mol. The molecule has 0 radical (unpaired) electrons. The first-order valence-corrected chi connectivity index (χ1v) is 15.8. The van der Waals surface area contributed by atoms with Crippen LogP contribution in [-0.4, -0.2) is 78.0 Å². The number of anilines is 1. The molecule has 2 aliphatic rings. The number of fused-ring (bicyclic) bond motifs is 1. The van der Waals surface area contributed by atoms with E-state index in [1.807, 2.05) is 24.3 Å². The normalized spacial score (nSPS) is 20.8. The molecule has 0 spiro atoms. The second-order valence-corrected chi connectivity index (χ2v) is 16.6. The van der Waals surface area contributed by atoms with Gasteiger partial charge in [-0.25, -0.2) is 0 Å². The Labute approximate surface area is 214 Å². The zero-order valence-electron chi connectivity index (χ0n) is 22.0. The molecule has 4 heterocycles. The standard InChI is InChI=1S/C27H38N6O2Si/c1-27(2,3)36(4,5)35-11-10-32-15-21-17-33(18-22(21)16-32)26-9-8-24(30-31-26)23-7-6-19(12-25(23)34)20-13-28-29-14-20/h6-9,12-14,21-22,34H,10-11,15-18H2,1-5H3,(H,28,29)/t21-,22?/m0/s1. The molecule has 3 aromatic rings. The van der Waals surface area contributed by atoms with E-state index in [9.17, 15) is 5.11 Å². The lowest BCUT2D eigenvalue weighted by atomic mass is 10.0. The molecule has 1 aromatic carbocycles. The summed E-state index contributed by atoms with van der Waals surface area (Å²) in [5.41, 5.74) is 3.18. The predicted molar refractivity (Wildman–Crippen MR) is 145 cm³/mol. The average Bonchev–Trinajstić information content (AvgIpc) is 3.55. The van der Waals surface area contributed by atoms with Crippen LogP contribution in [0.25, 0.3) is 22.4 Å². The maximum absolute atomic E-state index is 10.6. The molecule has 2 aromatic heterocycles. The Balaban J connectivity index is 1.15. The molecule has 0 saturated carbocycles. The Morgan fingerprint density at radius 3 is 2.36 bits per heavy atom. The third kappa shape index (κ3) is 5.05. The summed E-state index contributed by atoms with van der Waals surface area (Å²) in [5, 5.41) is 26.6. The van der Waals surface area contributed by atoms with E-state index in [4.69, 9.17) is 4.43 Å². The molecule has 36 heavy (non-hydrogen) atoms. The van der Waals surface area contributed by atoms with Gasteiger partial charge in [0, 0.05) is 56.7 Å². The molecule has 2 aliphatic heterocycles. The van der Waals surface area contributed by atoms with Gasteiger partial charge >= 0.3 is 0 Å². The van der Waals surface area contributed by atoms with Crippen molar-refractivity contribution in [2.24, 2.45) is 11.8 Å². The topological polar surface area (TPSA) is 90.4 Å². The predicted octanol–water partition coefficient (Wildman–Crippen LogP) is 4.63. The summed E-state index contributed by atoms with van der Waals surface area (Å²) >= 11 is 0. The maximum atomic E-state index is 10.6. The number of nitrogens with zero attached hydrogens (tertiary/aromatic N) is 5. The van der Waals surface area contributed by atoms with Crippen molar-refractivity contribution in [2.75, 3.05) is 44.2 Å². The first-order valence-electron chi connectivity index (χ1n) is 12.9. The van der Waals surface area contributed by atoms with Crippen LogP contribution in [0.5, 0.6) is 5.75 Å². The number of hydrogen-bond donors (Lipinski definition) is 2. The number of likely N-dealkylation sites (tertiary alicyclic amines) is 1. The first-order chi connectivity index (χ1) is 17.1. The second kappa shape index (κ2) is 9.61. The molecule has 5 rings (SSSR count). The number of benzene rings is 1. The first kappa shape index (κ1) is 24.9. The third-order valence-electron chi connectivity index (χ3n) is 8.32. The van der Waals surface area contributed by atoms with Crippen molar-refractivity contribution in [3.8, 4) is 28.1 Å². The molecule has 2 N–H and O–H groups in total. The number of phenolic OH excluding ortho intramolecular Hbond substituents is 1. The summed E-state index contributed by atoms with van der Waals surface area (Å²) in [5.74, 6) is 2.43. The number of nitrogens with one attached hydrogen (secondary N) is 1. The maximum Gasteiger partial charge on any atom is 0.192 e. The molecule has 2 saturated heterocycles. The van der Waals surface area contributed by atoms with E-state index in [1.54, 1.807) is 18.5 Å². The number of H-pyrrole nitrogens is 1. The molecule has 0 bridgehead atoms. The highest BCUT2D eigenvalue weighted by Crippen LogP contribution is 2.37. The minimum atomic E-state index is -1.68. The molecule has 8 nitrogen and oxygen atoms in total.